The molecule has 0 radical (unpaired) electrons. The Balaban J connectivity index is 1.74. The molecule has 0 aliphatic heterocycles. The summed E-state index contributed by atoms with van der Waals surface area (Å²) in [5.41, 5.74) is 0.386. The second-order valence-corrected chi connectivity index (χ2v) is 8.94. The summed E-state index contributed by atoms with van der Waals surface area (Å²) in [7, 11) is 1.29. The van der Waals surface area contributed by atoms with Crippen LogP contribution in [0.15, 0.2) is 63.1 Å². The maximum absolute atomic E-state index is 13.2. The number of benzene rings is 1. The number of thiophene rings is 1. The van der Waals surface area contributed by atoms with E-state index in [0.29, 0.717) is 32.3 Å². The molecule has 3 aromatic heterocycles. The van der Waals surface area contributed by atoms with Crippen LogP contribution in [0.1, 0.15) is 30.7 Å². The minimum Gasteiger partial charge on any atom is -0.467 e. The standard InChI is InChI=1S/C22H18N2O5S2/c1-13-5-8-19(31-13)18(25)12-30-22-23-17-10-14(21(27)28-2)6-7-16(17)20(26)24(22)11-15-4-3-9-29-15/h3-10H,11-12H2,1-2H3. The summed E-state index contributed by atoms with van der Waals surface area (Å²) in [6.45, 7) is 2.13. The molecule has 4 rings (SSSR count). The number of carbonyl (C=O) groups is 2. The quantitative estimate of drug-likeness (QED) is 0.179. The van der Waals surface area contributed by atoms with Gasteiger partial charge in [-0.2, -0.15) is 0 Å². The van der Waals surface area contributed by atoms with Gasteiger partial charge in [-0.05, 0) is 49.4 Å². The second kappa shape index (κ2) is 8.91. The highest BCUT2D eigenvalue weighted by Gasteiger charge is 2.17. The molecule has 7 nitrogen and oxygen atoms in total. The molecule has 0 amide bonds. The number of hydrogen-bond donors (Lipinski definition) is 0. The van der Waals surface area contributed by atoms with E-state index in [1.807, 2.05) is 13.0 Å². The highest BCUT2D eigenvalue weighted by atomic mass is 32.2. The molecule has 9 heteroatoms. The number of furan rings is 1. The lowest BCUT2D eigenvalue weighted by Gasteiger charge is -2.12. The van der Waals surface area contributed by atoms with E-state index in [2.05, 4.69) is 4.98 Å². The molecule has 0 aliphatic rings. The van der Waals surface area contributed by atoms with Gasteiger partial charge in [0.2, 0.25) is 0 Å². The first-order valence-electron chi connectivity index (χ1n) is 9.34. The molecule has 158 valence electrons. The molecule has 0 spiro atoms. The number of methoxy groups -OCH3 is 1. The molecule has 0 bridgehead atoms. The molecule has 0 unspecified atom stereocenters. The number of esters is 1. The minimum atomic E-state index is -0.513. The molecule has 3 heterocycles. The Kier molecular flexibility index (Phi) is 6.06. The fraction of sp³-hybridized carbons (Fsp3) is 0.182. The average Bonchev–Trinajstić information content (AvgIpc) is 3.45. The van der Waals surface area contributed by atoms with Crippen molar-refractivity contribution in [3.8, 4) is 0 Å². The SMILES string of the molecule is COC(=O)c1ccc2c(=O)n(Cc3ccco3)c(SCC(=O)c3ccc(C)s3)nc2c1. The third kappa shape index (κ3) is 4.47. The highest BCUT2D eigenvalue weighted by Crippen LogP contribution is 2.23. The number of rotatable bonds is 7. The number of ether oxygens (including phenoxy) is 1. The third-order valence-corrected chi connectivity index (χ3v) is 6.60. The van der Waals surface area contributed by atoms with Crippen LogP contribution in [0.2, 0.25) is 0 Å². The number of aromatic nitrogens is 2. The van der Waals surface area contributed by atoms with Crippen molar-refractivity contribution in [2.45, 2.75) is 18.6 Å². The molecular weight excluding hydrogens is 436 g/mol. The number of carbonyl (C=O) groups excluding carboxylic acids is 2. The van der Waals surface area contributed by atoms with Crippen LogP contribution in [0, 0.1) is 6.92 Å². The van der Waals surface area contributed by atoms with Crippen LogP contribution in [-0.4, -0.2) is 34.2 Å². The van der Waals surface area contributed by atoms with Crippen LogP contribution in [0.5, 0.6) is 0 Å². The van der Waals surface area contributed by atoms with Crippen LogP contribution in [0.25, 0.3) is 10.9 Å². The number of hydrogen-bond acceptors (Lipinski definition) is 8. The Labute approximate surface area is 185 Å². The average molecular weight is 455 g/mol. The summed E-state index contributed by atoms with van der Waals surface area (Å²) in [5, 5.41) is 0.737. The van der Waals surface area contributed by atoms with Gasteiger partial charge in [0.15, 0.2) is 10.9 Å². The van der Waals surface area contributed by atoms with E-state index in [4.69, 9.17) is 9.15 Å². The Morgan fingerprint density at radius 2 is 2.06 bits per heavy atom. The number of nitrogens with zero attached hydrogens (tertiary/aromatic N) is 2. The molecular formula is C22H18N2O5S2. The molecule has 0 saturated carbocycles. The van der Waals surface area contributed by atoms with E-state index in [9.17, 15) is 14.4 Å². The fourth-order valence-electron chi connectivity index (χ4n) is 3.04. The summed E-state index contributed by atoms with van der Waals surface area (Å²) >= 11 is 2.62. The topological polar surface area (TPSA) is 91.4 Å². The zero-order valence-electron chi connectivity index (χ0n) is 16.8. The number of Topliss-reactive ketones (excluding diaryl/α,β-unsaturated/α-hetero) is 1. The molecule has 1 aromatic carbocycles. The predicted octanol–water partition coefficient (Wildman–Crippen LogP) is 4.17. The maximum atomic E-state index is 13.2. The zero-order chi connectivity index (χ0) is 22.0. The van der Waals surface area contributed by atoms with E-state index >= 15 is 0 Å². The minimum absolute atomic E-state index is 0.0368. The highest BCUT2D eigenvalue weighted by molar-refractivity contribution is 7.99. The normalized spacial score (nSPS) is 11.0. The first-order valence-corrected chi connectivity index (χ1v) is 11.1. The fourth-order valence-corrected chi connectivity index (χ4v) is 4.82. The first kappa shape index (κ1) is 21.1. The van der Waals surface area contributed by atoms with Crippen LogP contribution in [-0.2, 0) is 11.3 Å². The Bertz CT molecular complexity index is 1320. The van der Waals surface area contributed by atoms with Crippen molar-refractivity contribution < 1.29 is 18.7 Å². The second-order valence-electron chi connectivity index (χ2n) is 6.71. The van der Waals surface area contributed by atoms with Gasteiger partial charge in [-0.25, -0.2) is 9.78 Å². The van der Waals surface area contributed by atoms with Crippen LogP contribution < -0.4 is 5.56 Å². The Morgan fingerprint density at radius 3 is 2.74 bits per heavy atom. The summed E-state index contributed by atoms with van der Waals surface area (Å²) in [6.07, 6.45) is 1.53. The Morgan fingerprint density at radius 1 is 1.23 bits per heavy atom. The largest absolute Gasteiger partial charge is 0.467 e. The van der Waals surface area contributed by atoms with Crippen molar-refractivity contribution in [1.29, 1.82) is 0 Å². The van der Waals surface area contributed by atoms with Crippen LogP contribution in [0.3, 0.4) is 0 Å². The van der Waals surface area contributed by atoms with E-state index in [0.717, 1.165) is 4.88 Å². The van der Waals surface area contributed by atoms with Gasteiger partial charge in [0, 0.05) is 4.88 Å². The van der Waals surface area contributed by atoms with Gasteiger partial charge in [0.25, 0.3) is 5.56 Å². The summed E-state index contributed by atoms with van der Waals surface area (Å²) in [6, 6.07) is 11.8. The first-order chi connectivity index (χ1) is 15.0. The predicted molar refractivity (Wildman–Crippen MR) is 119 cm³/mol. The molecule has 0 saturated heterocycles. The van der Waals surface area contributed by atoms with Crippen LogP contribution in [0.4, 0.5) is 0 Å². The number of aryl methyl sites for hydroxylation is 1. The molecule has 0 aliphatic carbocycles. The van der Waals surface area contributed by atoms with Crippen molar-refractivity contribution in [2.24, 2.45) is 0 Å². The van der Waals surface area contributed by atoms with E-state index < -0.39 is 5.97 Å². The number of fused-ring (bicyclic) bond motifs is 1. The Hall–Kier alpha value is -3.17. The van der Waals surface area contributed by atoms with Crippen molar-refractivity contribution in [3.05, 3.63) is 80.2 Å². The maximum Gasteiger partial charge on any atom is 0.337 e. The van der Waals surface area contributed by atoms with Gasteiger partial charge in [0.1, 0.15) is 5.76 Å². The number of ketones is 1. The van der Waals surface area contributed by atoms with Crippen molar-refractivity contribution in [3.63, 3.8) is 0 Å². The summed E-state index contributed by atoms with van der Waals surface area (Å²) in [4.78, 5) is 44.0. The van der Waals surface area contributed by atoms with Gasteiger partial charge >= 0.3 is 5.97 Å². The van der Waals surface area contributed by atoms with E-state index in [1.165, 1.54) is 53.2 Å². The van der Waals surface area contributed by atoms with Crippen LogP contribution >= 0.6 is 23.1 Å². The van der Waals surface area contributed by atoms with Gasteiger partial charge in [-0.3, -0.25) is 14.2 Å². The zero-order valence-corrected chi connectivity index (χ0v) is 18.4. The summed E-state index contributed by atoms with van der Waals surface area (Å²) < 4.78 is 11.6. The lowest BCUT2D eigenvalue weighted by atomic mass is 10.1. The lowest BCUT2D eigenvalue weighted by Crippen LogP contribution is -2.24. The van der Waals surface area contributed by atoms with Gasteiger partial charge in [-0.15, -0.1) is 11.3 Å². The molecule has 31 heavy (non-hydrogen) atoms. The van der Waals surface area contributed by atoms with Crippen molar-refractivity contribution >= 4 is 45.8 Å². The van der Waals surface area contributed by atoms with E-state index in [-0.39, 0.29) is 23.6 Å². The molecule has 0 N–H and O–H groups in total. The van der Waals surface area contributed by atoms with Gasteiger partial charge in [0.05, 0.1) is 47.0 Å². The molecule has 0 fully saturated rings. The van der Waals surface area contributed by atoms with Gasteiger partial charge < -0.3 is 9.15 Å². The van der Waals surface area contributed by atoms with Crippen molar-refractivity contribution in [2.75, 3.05) is 12.9 Å². The monoisotopic (exact) mass is 454 g/mol. The van der Waals surface area contributed by atoms with Crippen molar-refractivity contribution in [1.82, 2.24) is 9.55 Å². The summed E-state index contributed by atoms with van der Waals surface area (Å²) in [5.74, 6) is 0.176. The lowest BCUT2D eigenvalue weighted by molar-refractivity contribution is 0.0600. The van der Waals surface area contributed by atoms with E-state index in [1.54, 1.807) is 24.3 Å². The number of thioether (sulfide) groups is 1. The van der Waals surface area contributed by atoms with Gasteiger partial charge in [-0.1, -0.05) is 11.8 Å². The molecule has 4 aromatic rings. The molecule has 0 atom stereocenters. The third-order valence-electron chi connectivity index (χ3n) is 4.58. The smallest absolute Gasteiger partial charge is 0.337 e.